The van der Waals surface area contributed by atoms with E-state index >= 15 is 0 Å². The van der Waals surface area contributed by atoms with Crippen LogP contribution >= 0.6 is 11.8 Å². The molecule has 1 amide bonds. The van der Waals surface area contributed by atoms with Gasteiger partial charge in [-0.1, -0.05) is 6.92 Å². The summed E-state index contributed by atoms with van der Waals surface area (Å²) in [6.45, 7) is 1.67. The molecule has 1 saturated heterocycles. The third-order valence-electron chi connectivity index (χ3n) is 3.73. The van der Waals surface area contributed by atoms with E-state index in [1.807, 2.05) is 0 Å². The van der Waals surface area contributed by atoms with Gasteiger partial charge in [0.05, 0.1) is 6.04 Å². The maximum atomic E-state index is 11.4. The minimum absolute atomic E-state index is 0.0138. The second-order valence-corrected chi connectivity index (χ2v) is 6.08. The molecule has 0 spiro atoms. The quantitative estimate of drug-likeness (QED) is 0.600. The summed E-state index contributed by atoms with van der Waals surface area (Å²) in [5.41, 5.74) is 4.38. The van der Waals surface area contributed by atoms with Crippen LogP contribution in [0.3, 0.4) is 0 Å². The van der Waals surface area contributed by atoms with Crippen LogP contribution in [0.15, 0.2) is 10.6 Å². The van der Waals surface area contributed by atoms with Crippen LogP contribution in [0.5, 0.6) is 0 Å². The van der Waals surface area contributed by atoms with Gasteiger partial charge in [0.15, 0.2) is 0 Å². The number of fused-ring (bicyclic) bond motifs is 1. The Balaban J connectivity index is 2.15. The molecule has 110 valence electrons. The third kappa shape index (κ3) is 2.29. The molecule has 1 fully saturated rings. The molecule has 2 heterocycles. The normalized spacial score (nSPS) is 24.2. The van der Waals surface area contributed by atoms with E-state index in [1.165, 1.54) is 4.90 Å². The van der Waals surface area contributed by atoms with Gasteiger partial charge in [0, 0.05) is 23.5 Å². The molecule has 0 bridgehead atoms. The van der Waals surface area contributed by atoms with E-state index in [9.17, 15) is 19.5 Å². The number of nitrogens with zero attached hydrogens (tertiary/aromatic N) is 1. The molecule has 2 atom stereocenters. The van der Waals surface area contributed by atoms with E-state index in [0.29, 0.717) is 17.7 Å². The van der Waals surface area contributed by atoms with Crippen LogP contribution in [0, 0.1) is 0 Å². The summed E-state index contributed by atoms with van der Waals surface area (Å²) >= 11 is 1.13. The molecule has 4 N–H and O–H groups in total. The van der Waals surface area contributed by atoms with Crippen LogP contribution in [0.1, 0.15) is 26.2 Å². The molecule has 0 radical (unpaired) electrons. The van der Waals surface area contributed by atoms with Crippen molar-refractivity contribution in [2.75, 3.05) is 5.75 Å². The fourth-order valence-electron chi connectivity index (χ4n) is 2.28. The zero-order chi connectivity index (χ0) is 15.1. The van der Waals surface area contributed by atoms with E-state index < -0.39 is 17.5 Å². The zero-order valence-electron chi connectivity index (χ0n) is 11.0. The first kappa shape index (κ1) is 14.9. The minimum atomic E-state index is -1.39. The first-order valence-electron chi connectivity index (χ1n) is 6.23. The summed E-state index contributed by atoms with van der Waals surface area (Å²) in [6, 6.07) is -0.0882. The topological polar surface area (TPSA) is 121 Å². The molecule has 8 heteroatoms. The average Bonchev–Trinajstić information content (AvgIpc) is 2.68. The maximum Gasteiger partial charge on any atom is 0.353 e. The Bertz CT molecular complexity index is 518. The number of carbonyl (C=O) groups excluding carboxylic acids is 1. The van der Waals surface area contributed by atoms with Gasteiger partial charge in [0.25, 0.3) is 0 Å². The Kier molecular flexibility index (Phi) is 3.79. The SMILES string of the molecule is CCC(N)(CSC1=C(C(=O)O)N2C(=O)C[C@@H]2C1)C(=O)O. The highest BCUT2D eigenvalue weighted by Crippen LogP contribution is 2.43. The predicted molar refractivity (Wildman–Crippen MR) is 71.8 cm³/mol. The molecule has 2 aliphatic heterocycles. The molecule has 2 rings (SSSR count). The highest BCUT2D eigenvalue weighted by Gasteiger charge is 2.48. The summed E-state index contributed by atoms with van der Waals surface area (Å²) < 4.78 is 0. The van der Waals surface area contributed by atoms with Crippen LogP contribution in [0.25, 0.3) is 0 Å². The van der Waals surface area contributed by atoms with Crippen molar-refractivity contribution in [3.63, 3.8) is 0 Å². The highest BCUT2D eigenvalue weighted by atomic mass is 32.2. The Morgan fingerprint density at radius 3 is 2.55 bits per heavy atom. The van der Waals surface area contributed by atoms with E-state index in [1.54, 1.807) is 6.92 Å². The van der Waals surface area contributed by atoms with Gasteiger partial charge in [-0.05, 0) is 6.42 Å². The summed E-state index contributed by atoms with van der Waals surface area (Å²) in [5, 5.41) is 18.3. The lowest BCUT2D eigenvalue weighted by atomic mass is 10.0. The van der Waals surface area contributed by atoms with Gasteiger partial charge in [-0.3, -0.25) is 9.59 Å². The smallest absolute Gasteiger partial charge is 0.353 e. The Hall–Kier alpha value is -1.54. The van der Waals surface area contributed by atoms with Crippen molar-refractivity contribution in [3.05, 3.63) is 10.6 Å². The summed E-state index contributed by atoms with van der Waals surface area (Å²) in [4.78, 5) is 35.7. The largest absolute Gasteiger partial charge is 0.480 e. The average molecular weight is 300 g/mol. The fourth-order valence-corrected chi connectivity index (χ4v) is 3.67. The van der Waals surface area contributed by atoms with Crippen LogP contribution in [-0.2, 0) is 14.4 Å². The lowest BCUT2D eigenvalue weighted by Crippen LogP contribution is -2.49. The van der Waals surface area contributed by atoms with E-state index in [0.717, 1.165) is 11.8 Å². The fraction of sp³-hybridized carbons (Fsp3) is 0.583. The number of carboxylic acids is 2. The van der Waals surface area contributed by atoms with E-state index in [2.05, 4.69) is 0 Å². The summed E-state index contributed by atoms with van der Waals surface area (Å²) in [6.07, 6.45) is 1.07. The van der Waals surface area contributed by atoms with E-state index in [-0.39, 0.29) is 29.8 Å². The van der Waals surface area contributed by atoms with Crippen molar-refractivity contribution >= 4 is 29.6 Å². The molecule has 0 aromatic carbocycles. The van der Waals surface area contributed by atoms with Crippen molar-refractivity contribution < 1.29 is 24.6 Å². The molecular weight excluding hydrogens is 284 g/mol. The van der Waals surface area contributed by atoms with Crippen LogP contribution < -0.4 is 5.73 Å². The molecule has 0 saturated carbocycles. The Labute approximate surface area is 119 Å². The number of thioether (sulfide) groups is 1. The van der Waals surface area contributed by atoms with Crippen molar-refractivity contribution in [1.29, 1.82) is 0 Å². The number of hydrogen-bond donors (Lipinski definition) is 3. The van der Waals surface area contributed by atoms with Gasteiger partial charge in [-0.2, -0.15) is 0 Å². The monoisotopic (exact) mass is 300 g/mol. The molecular formula is C12H16N2O5S. The minimum Gasteiger partial charge on any atom is -0.480 e. The van der Waals surface area contributed by atoms with Crippen LogP contribution in [0.2, 0.25) is 0 Å². The Morgan fingerprint density at radius 1 is 1.45 bits per heavy atom. The molecule has 20 heavy (non-hydrogen) atoms. The van der Waals surface area contributed by atoms with Gasteiger partial charge in [-0.15, -0.1) is 11.8 Å². The standard InChI is InChI=1S/C12H16N2O5S/c1-2-12(13,11(18)19)5-20-7-3-6-4-8(15)14(6)9(7)10(16)17/h6H,2-5,13H2,1H3,(H,16,17)(H,18,19)/t6-,12?/m0/s1. The van der Waals surface area contributed by atoms with Crippen LogP contribution in [-0.4, -0.2) is 50.3 Å². The van der Waals surface area contributed by atoms with Gasteiger partial charge in [0.1, 0.15) is 11.2 Å². The molecule has 0 aliphatic carbocycles. The zero-order valence-corrected chi connectivity index (χ0v) is 11.8. The first-order chi connectivity index (χ1) is 9.30. The summed E-state index contributed by atoms with van der Waals surface area (Å²) in [5.74, 6) is -2.38. The molecule has 2 aliphatic rings. The number of β-lactam (4-membered cyclic amide) rings is 1. The maximum absolute atomic E-state index is 11.4. The summed E-state index contributed by atoms with van der Waals surface area (Å²) in [7, 11) is 0. The number of hydrogen-bond acceptors (Lipinski definition) is 5. The van der Waals surface area contributed by atoms with Crippen molar-refractivity contribution in [3.8, 4) is 0 Å². The molecule has 0 aromatic rings. The number of amides is 1. The molecule has 7 nitrogen and oxygen atoms in total. The number of rotatable bonds is 6. The predicted octanol–water partition coefficient (Wildman–Crippen LogP) is 0.212. The van der Waals surface area contributed by atoms with Crippen molar-refractivity contribution in [2.24, 2.45) is 5.73 Å². The van der Waals surface area contributed by atoms with Crippen LogP contribution in [0.4, 0.5) is 0 Å². The van der Waals surface area contributed by atoms with Crippen molar-refractivity contribution in [1.82, 2.24) is 4.90 Å². The first-order valence-corrected chi connectivity index (χ1v) is 7.22. The lowest BCUT2D eigenvalue weighted by Gasteiger charge is -2.34. The number of carboxylic acid groups (broad SMARTS) is 2. The van der Waals surface area contributed by atoms with Gasteiger partial charge in [0.2, 0.25) is 5.91 Å². The second-order valence-electron chi connectivity index (χ2n) is 5.01. The van der Waals surface area contributed by atoms with Gasteiger partial charge < -0.3 is 20.8 Å². The number of aliphatic carboxylic acids is 2. The third-order valence-corrected chi connectivity index (χ3v) is 5.10. The molecule has 1 unspecified atom stereocenters. The number of nitrogens with two attached hydrogens (primary N) is 1. The highest BCUT2D eigenvalue weighted by molar-refractivity contribution is 8.03. The lowest BCUT2D eigenvalue weighted by molar-refractivity contribution is -0.147. The van der Waals surface area contributed by atoms with Gasteiger partial charge in [-0.25, -0.2) is 4.79 Å². The Morgan fingerprint density at radius 2 is 2.10 bits per heavy atom. The van der Waals surface area contributed by atoms with Crippen molar-refractivity contribution in [2.45, 2.75) is 37.8 Å². The van der Waals surface area contributed by atoms with E-state index in [4.69, 9.17) is 10.8 Å². The number of carbonyl (C=O) groups is 3. The second kappa shape index (κ2) is 5.10. The molecule has 0 aromatic heterocycles. The van der Waals surface area contributed by atoms with Gasteiger partial charge >= 0.3 is 11.9 Å².